The number of rotatable bonds is 3. The van der Waals surface area contributed by atoms with Crippen LogP contribution < -0.4 is 5.19 Å². The molecule has 0 unspecified atom stereocenters. The Morgan fingerprint density at radius 3 is 2.25 bits per heavy atom. The van der Waals surface area contributed by atoms with E-state index in [1.54, 1.807) is 22.7 Å². The lowest BCUT2D eigenvalue weighted by Crippen LogP contribution is -2.36. The summed E-state index contributed by atoms with van der Waals surface area (Å²) in [4.78, 5) is 12.6. The van der Waals surface area contributed by atoms with E-state index in [1.165, 1.54) is 14.6 Å². The number of carbonyl (C=O) groups is 1. The largest absolute Gasteiger partial charge is 0.289 e. The molecule has 3 aromatic rings. The van der Waals surface area contributed by atoms with Gasteiger partial charge >= 0.3 is 0 Å². The lowest BCUT2D eigenvalue weighted by atomic mass is 10.1. The molecule has 0 aliphatic rings. The van der Waals surface area contributed by atoms with Crippen molar-refractivity contribution < 1.29 is 4.79 Å². The van der Waals surface area contributed by atoms with Crippen LogP contribution in [0.25, 0.3) is 9.40 Å². The Kier molecular flexibility index (Phi) is 3.40. The lowest BCUT2D eigenvalue weighted by molar-refractivity contribution is 0.104. The molecule has 0 N–H and O–H groups in total. The monoisotopic (exact) mass is 316 g/mol. The van der Waals surface area contributed by atoms with E-state index >= 15 is 0 Å². The molecule has 1 aromatic carbocycles. The van der Waals surface area contributed by atoms with Gasteiger partial charge in [-0.2, -0.15) is 0 Å². The summed E-state index contributed by atoms with van der Waals surface area (Å²) >= 11 is 3.44. The van der Waals surface area contributed by atoms with Crippen LogP contribution >= 0.6 is 22.7 Å². The molecule has 0 radical (unpaired) electrons. The summed E-state index contributed by atoms with van der Waals surface area (Å²) in [6.07, 6.45) is 0. The van der Waals surface area contributed by atoms with Gasteiger partial charge in [0, 0.05) is 15.6 Å². The summed E-state index contributed by atoms with van der Waals surface area (Å²) in [6, 6.07) is 9.55. The van der Waals surface area contributed by atoms with Gasteiger partial charge in [-0.3, -0.25) is 4.79 Å². The molecule has 0 aliphatic carbocycles. The van der Waals surface area contributed by atoms with Gasteiger partial charge in [-0.05, 0) is 10.6 Å². The number of hydrogen-bond acceptors (Lipinski definition) is 3. The fourth-order valence-electron chi connectivity index (χ4n) is 2.24. The van der Waals surface area contributed by atoms with Crippen LogP contribution in [0.3, 0.4) is 0 Å². The fourth-order valence-corrected chi connectivity index (χ4v) is 7.97. The highest BCUT2D eigenvalue weighted by molar-refractivity contribution is 7.29. The Labute approximate surface area is 127 Å². The first-order valence-electron chi connectivity index (χ1n) is 6.57. The van der Waals surface area contributed by atoms with Crippen LogP contribution in [0.5, 0.6) is 0 Å². The van der Waals surface area contributed by atoms with Crippen molar-refractivity contribution in [2.75, 3.05) is 0 Å². The summed E-state index contributed by atoms with van der Waals surface area (Å²) in [7, 11) is -1.34. The van der Waals surface area contributed by atoms with Crippen molar-refractivity contribution >= 4 is 51.1 Å². The van der Waals surface area contributed by atoms with Gasteiger partial charge in [0.15, 0.2) is 5.78 Å². The third-order valence-corrected chi connectivity index (χ3v) is 7.93. The Morgan fingerprint density at radius 1 is 0.950 bits per heavy atom. The minimum atomic E-state index is -1.34. The topological polar surface area (TPSA) is 17.1 Å². The molecule has 4 heteroatoms. The molecule has 3 rings (SSSR count). The van der Waals surface area contributed by atoms with Crippen molar-refractivity contribution in [3.63, 3.8) is 0 Å². The molecule has 0 fully saturated rings. The second-order valence-electron chi connectivity index (χ2n) is 5.90. The highest BCUT2D eigenvalue weighted by Crippen LogP contribution is 2.32. The molecule has 2 heterocycles. The second-order valence-corrected chi connectivity index (χ2v) is 12.7. The van der Waals surface area contributed by atoms with Crippen molar-refractivity contribution in [2.24, 2.45) is 0 Å². The van der Waals surface area contributed by atoms with Gasteiger partial charge < -0.3 is 0 Å². The quantitative estimate of drug-likeness (QED) is 0.504. The van der Waals surface area contributed by atoms with Crippen molar-refractivity contribution in [3.05, 3.63) is 52.2 Å². The standard InChI is InChI=1S/C16H16OS2Si/c1-20(2,3)13-10-19-15-12(9-18-16(13)15)14(17)11-7-5-4-6-8-11/h4-10H,1-3H3. The first-order valence-corrected chi connectivity index (χ1v) is 11.8. The molecule has 1 nitrogen and oxygen atoms in total. The first-order chi connectivity index (χ1) is 9.48. The van der Waals surface area contributed by atoms with Crippen molar-refractivity contribution in [2.45, 2.75) is 19.6 Å². The van der Waals surface area contributed by atoms with Crippen LogP contribution in [0, 0.1) is 0 Å². The van der Waals surface area contributed by atoms with E-state index in [2.05, 4.69) is 25.0 Å². The number of thiophene rings is 2. The molecule has 0 saturated carbocycles. The average molecular weight is 317 g/mol. The molecule has 0 aliphatic heterocycles. The molecule has 0 amide bonds. The Hall–Kier alpha value is -1.23. The molecular formula is C16H16OS2Si. The maximum absolute atomic E-state index is 12.6. The van der Waals surface area contributed by atoms with Gasteiger partial charge in [-0.1, -0.05) is 50.0 Å². The molecule has 20 heavy (non-hydrogen) atoms. The Balaban J connectivity index is 2.11. The number of fused-ring (bicyclic) bond motifs is 1. The summed E-state index contributed by atoms with van der Waals surface area (Å²) < 4.78 is 2.50. The zero-order chi connectivity index (χ0) is 14.3. The minimum Gasteiger partial charge on any atom is -0.289 e. The second kappa shape index (κ2) is 4.95. The summed E-state index contributed by atoms with van der Waals surface area (Å²) in [5.74, 6) is 0.140. The minimum absolute atomic E-state index is 0.140. The van der Waals surface area contributed by atoms with Crippen LogP contribution in [0.1, 0.15) is 15.9 Å². The number of hydrogen-bond donors (Lipinski definition) is 0. The zero-order valence-corrected chi connectivity index (χ0v) is 14.4. The van der Waals surface area contributed by atoms with Gasteiger partial charge in [0.05, 0.1) is 18.3 Å². The molecule has 0 atom stereocenters. The highest BCUT2D eigenvalue weighted by Gasteiger charge is 2.24. The van der Waals surface area contributed by atoms with Crippen molar-refractivity contribution in [1.29, 1.82) is 0 Å². The SMILES string of the molecule is C[Si](C)(C)c1csc2c(C(=O)c3ccccc3)csc12. The van der Waals surface area contributed by atoms with E-state index in [1.807, 2.05) is 35.7 Å². The van der Waals surface area contributed by atoms with Crippen LogP contribution in [0.4, 0.5) is 0 Å². The van der Waals surface area contributed by atoms with Crippen LogP contribution in [-0.4, -0.2) is 13.9 Å². The third kappa shape index (κ3) is 2.28. The molecule has 0 saturated heterocycles. The summed E-state index contributed by atoms with van der Waals surface area (Å²) in [5, 5.41) is 5.77. The van der Waals surface area contributed by atoms with Crippen LogP contribution in [-0.2, 0) is 0 Å². The Bertz CT molecular complexity index is 763. The van der Waals surface area contributed by atoms with E-state index in [0.717, 1.165) is 11.1 Å². The van der Waals surface area contributed by atoms with Crippen molar-refractivity contribution in [3.8, 4) is 0 Å². The maximum atomic E-state index is 12.6. The van der Waals surface area contributed by atoms with Crippen molar-refractivity contribution in [1.82, 2.24) is 0 Å². The summed E-state index contributed by atoms with van der Waals surface area (Å²) in [6.45, 7) is 7.06. The first kappa shape index (κ1) is 13.7. The normalized spacial score (nSPS) is 11.9. The van der Waals surface area contributed by atoms with E-state index in [4.69, 9.17) is 0 Å². The molecule has 0 bridgehead atoms. The molecule has 102 valence electrons. The van der Waals surface area contributed by atoms with Crippen LogP contribution in [0.15, 0.2) is 41.1 Å². The van der Waals surface area contributed by atoms with Gasteiger partial charge in [0.1, 0.15) is 0 Å². The molecular weight excluding hydrogens is 300 g/mol. The lowest BCUT2D eigenvalue weighted by Gasteiger charge is -2.13. The van der Waals surface area contributed by atoms with Gasteiger partial charge in [0.25, 0.3) is 0 Å². The van der Waals surface area contributed by atoms with Crippen LogP contribution in [0.2, 0.25) is 19.6 Å². The van der Waals surface area contributed by atoms with Gasteiger partial charge in [-0.25, -0.2) is 0 Å². The molecule has 0 spiro atoms. The van der Waals surface area contributed by atoms with E-state index in [-0.39, 0.29) is 5.78 Å². The average Bonchev–Trinajstić information content (AvgIpc) is 2.98. The number of ketones is 1. The van der Waals surface area contributed by atoms with Gasteiger partial charge in [0.2, 0.25) is 0 Å². The smallest absolute Gasteiger partial charge is 0.195 e. The predicted molar refractivity (Wildman–Crippen MR) is 92.6 cm³/mol. The number of carbonyl (C=O) groups excluding carboxylic acids is 1. The highest BCUT2D eigenvalue weighted by atomic mass is 32.1. The van der Waals surface area contributed by atoms with Gasteiger partial charge in [-0.15, -0.1) is 22.7 Å². The maximum Gasteiger partial charge on any atom is 0.195 e. The number of benzene rings is 1. The van der Waals surface area contributed by atoms with E-state index in [0.29, 0.717) is 0 Å². The summed E-state index contributed by atoms with van der Waals surface area (Å²) in [5.41, 5.74) is 1.64. The Morgan fingerprint density at radius 2 is 1.60 bits per heavy atom. The fraction of sp³-hybridized carbons (Fsp3) is 0.188. The molecule has 2 aromatic heterocycles. The predicted octanol–water partition coefficient (Wildman–Crippen LogP) is 4.74. The zero-order valence-electron chi connectivity index (χ0n) is 11.8. The van der Waals surface area contributed by atoms with E-state index < -0.39 is 8.07 Å². The van der Waals surface area contributed by atoms with E-state index in [9.17, 15) is 4.79 Å². The third-order valence-electron chi connectivity index (χ3n) is 3.37.